The van der Waals surface area contributed by atoms with Crippen molar-refractivity contribution >= 4 is 29.1 Å². The molecule has 0 atom stereocenters. The predicted octanol–water partition coefficient (Wildman–Crippen LogP) is 5.92. The lowest BCUT2D eigenvalue weighted by Gasteiger charge is -2.11. The molecule has 0 aromatic heterocycles. The third kappa shape index (κ3) is 10.2. The maximum Gasteiger partial charge on any atom is 0.343 e. The average Bonchev–Trinajstić information content (AvgIpc) is 3.03. The Labute approximate surface area is 246 Å². The molecule has 3 aromatic rings. The lowest BCUT2D eigenvalue weighted by molar-refractivity contribution is -0.119. The smallest absolute Gasteiger partial charge is 0.343 e. The molecule has 0 radical (unpaired) electrons. The number of ether oxygens (including phenoxy) is 3. The molecule has 0 heterocycles. The van der Waals surface area contributed by atoms with Crippen molar-refractivity contribution in [3.05, 3.63) is 83.4 Å². The number of unbranched alkanes of at least 4 members (excludes halogenated alkanes) is 1. The molecule has 3 rings (SSSR count). The van der Waals surface area contributed by atoms with Crippen molar-refractivity contribution in [1.29, 1.82) is 1.43 Å². The summed E-state index contributed by atoms with van der Waals surface area (Å²) in [6, 6.07) is 18.4. The second-order valence-electron chi connectivity index (χ2n) is 9.41. The second-order valence-corrected chi connectivity index (χ2v) is 9.41. The molecule has 0 aliphatic carbocycles. The van der Waals surface area contributed by atoms with Crippen molar-refractivity contribution in [3.63, 3.8) is 0 Å². The van der Waals surface area contributed by atoms with Crippen LogP contribution in [0.4, 0.5) is 11.4 Å². The molecular weight excluding hydrogens is 540 g/mol. The first kappa shape index (κ1) is 30.5. The molecule has 0 aliphatic heterocycles. The van der Waals surface area contributed by atoms with E-state index in [0.717, 1.165) is 5.56 Å². The summed E-state index contributed by atoms with van der Waals surface area (Å²) in [5.74, 6) is -0.503. The number of carbonyl (C=O) groups excluding carboxylic acids is 3. The lowest BCUT2D eigenvalue weighted by Crippen LogP contribution is -2.08. The van der Waals surface area contributed by atoms with Gasteiger partial charge >= 0.3 is 11.9 Å². The van der Waals surface area contributed by atoms with E-state index in [-0.39, 0.29) is 48.4 Å². The van der Waals surface area contributed by atoms with Crippen LogP contribution in [-0.2, 0) is 16.0 Å². The molecule has 0 spiro atoms. The van der Waals surface area contributed by atoms with Crippen molar-refractivity contribution in [2.45, 2.75) is 44.9 Å². The Hall–Kier alpha value is -4.41. The van der Waals surface area contributed by atoms with Crippen molar-refractivity contribution in [3.8, 4) is 11.5 Å². The number of aliphatic hydroxyl groups is 2. The fourth-order valence-corrected chi connectivity index (χ4v) is 3.99. The van der Waals surface area contributed by atoms with E-state index >= 15 is 0 Å². The van der Waals surface area contributed by atoms with E-state index in [4.69, 9.17) is 20.7 Å². The zero-order valence-electron chi connectivity index (χ0n) is 24.6. The van der Waals surface area contributed by atoms with E-state index in [1.54, 1.807) is 54.6 Å². The van der Waals surface area contributed by atoms with E-state index in [9.17, 15) is 14.4 Å². The van der Waals surface area contributed by atoms with Crippen LogP contribution in [0.25, 0.3) is 0 Å². The van der Waals surface area contributed by atoms with Gasteiger partial charge in [-0.05, 0) is 74.1 Å². The number of carbonyl (C=O) groups is 3. The van der Waals surface area contributed by atoms with Crippen molar-refractivity contribution in [2.75, 3.05) is 26.9 Å². The van der Waals surface area contributed by atoms with Crippen molar-refractivity contribution in [2.24, 2.45) is 10.2 Å². The number of aryl methyl sites for hydroxylation is 1. The molecular formula is C32H36N2O8. The monoisotopic (exact) mass is 577 g/mol. The maximum absolute atomic E-state index is 12.6. The quantitative estimate of drug-likeness (QED) is 0.0820. The first-order valence-electron chi connectivity index (χ1n) is 14.2. The largest absolute Gasteiger partial charge is 0.491 e. The molecule has 0 saturated carbocycles. The van der Waals surface area contributed by atoms with Crippen LogP contribution in [0.15, 0.2) is 77.0 Å². The summed E-state index contributed by atoms with van der Waals surface area (Å²) >= 11 is 0. The van der Waals surface area contributed by atoms with Gasteiger partial charge in [-0.2, -0.15) is 0 Å². The van der Waals surface area contributed by atoms with E-state index < -0.39 is 11.9 Å². The Morgan fingerprint density at radius 1 is 0.833 bits per heavy atom. The van der Waals surface area contributed by atoms with Gasteiger partial charge in [-0.15, -0.1) is 10.2 Å². The molecule has 42 heavy (non-hydrogen) atoms. The number of Topliss-reactive ketones (excluding diaryl/α,β-unsaturated/α-hetero) is 1. The topological polar surface area (TPSA) is 144 Å². The van der Waals surface area contributed by atoms with Gasteiger partial charge in [-0.1, -0.05) is 24.3 Å². The number of hydrogen-bond acceptors (Lipinski definition) is 10. The van der Waals surface area contributed by atoms with Gasteiger partial charge < -0.3 is 24.4 Å². The number of nitrogens with zero attached hydrogens (tertiary/aromatic N) is 2. The normalized spacial score (nSPS) is 11.2. The highest BCUT2D eigenvalue weighted by molar-refractivity contribution is 5.95. The number of rotatable bonds is 18. The zero-order valence-corrected chi connectivity index (χ0v) is 23.6. The molecule has 10 nitrogen and oxygen atoms in total. The zero-order chi connectivity index (χ0) is 30.9. The highest BCUT2D eigenvalue weighted by Crippen LogP contribution is 2.34. The standard InChI is InChI=1S/C32H36N2O8/c1-40-32(39)27-21-23(9-7-19-36)14-16-28(27)33-34-29-17-15-26(42-31(38)24-10-3-2-4-11-24)22-30(29)41-20-8-13-25(37)12-5-6-18-35/h2-4,10-11,14-17,21-22,35-36H,5-9,12-13,18-20H2,1H3/i36D. The Morgan fingerprint density at radius 3 is 2.36 bits per heavy atom. The third-order valence-corrected chi connectivity index (χ3v) is 6.21. The summed E-state index contributed by atoms with van der Waals surface area (Å²) in [5.41, 5.74) is 2.08. The van der Waals surface area contributed by atoms with Gasteiger partial charge in [0.15, 0.2) is 5.75 Å². The predicted molar refractivity (Wildman–Crippen MR) is 156 cm³/mol. The summed E-state index contributed by atoms with van der Waals surface area (Å²) in [5, 5.41) is 21.9. The van der Waals surface area contributed by atoms with E-state index in [0.29, 0.717) is 56.2 Å². The molecule has 3 aromatic carbocycles. The SMILES string of the molecule is [2H]OCCCc1ccc(N=Nc2ccc(OC(=O)c3ccccc3)cc2OCCCC(=O)CCCCO)c(C(=O)OC)c1. The molecule has 0 amide bonds. The molecule has 0 bridgehead atoms. The second kappa shape index (κ2) is 17.4. The van der Waals surface area contributed by atoms with E-state index in [2.05, 4.69) is 15.3 Å². The van der Waals surface area contributed by atoms with Crippen LogP contribution in [0, 0.1) is 0 Å². The number of esters is 2. The van der Waals surface area contributed by atoms with Gasteiger partial charge in [0.2, 0.25) is 1.43 Å². The molecule has 0 fully saturated rings. The minimum atomic E-state index is -0.573. The number of aliphatic hydroxyl groups excluding tert-OH is 2. The van der Waals surface area contributed by atoms with Crippen molar-refractivity contribution < 1.29 is 38.8 Å². The lowest BCUT2D eigenvalue weighted by atomic mass is 10.0. The first-order valence-corrected chi connectivity index (χ1v) is 13.8. The summed E-state index contributed by atoms with van der Waals surface area (Å²) in [4.78, 5) is 37.2. The van der Waals surface area contributed by atoms with Crippen LogP contribution in [0.3, 0.4) is 0 Å². The summed E-state index contributed by atoms with van der Waals surface area (Å²) in [6.45, 7) is 0.535. The minimum absolute atomic E-state index is 0.0618. The van der Waals surface area contributed by atoms with Gasteiger partial charge in [0.25, 0.3) is 0 Å². The van der Waals surface area contributed by atoms with Gasteiger partial charge in [-0.3, -0.25) is 4.79 Å². The van der Waals surface area contributed by atoms with Gasteiger partial charge in [-0.25, -0.2) is 9.59 Å². The van der Waals surface area contributed by atoms with Crippen molar-refractivity contribution in [1.82, 2.24) is 0 Å². The molecule has 0 aliphatic rings. The highest BCUT2D eigenvalue weighted by Gasteiger charge is 2.15. The fourth-order valence-electron chi connectivity index (χ4n) is 3.99. The molecule has 222 valence electrons. The van der Waals surface area contributed by atoms with Crippen LogP contribution >= 0.6 is 0 Å². The number of hydrogen-bond donors (Lipinski definition) is 2. The number of azo groups is 1. The Bertz CT molecular complexity index is 1380. The number of ketones is 1. The molecule has 2 N–H and O–H groups in total. The third-order valence-electron chi connectivity index (χ3n) is 6.21. The highest BCUT2D eigenvalue weighted by atomic mass is 16.5. The summed E-state index contributed by atoms with van der Waals surface area (Å²) in [6.07, 6.45) is 3.64. The van der Waals surface area contributed by atoms with Crippen LogP contribution in [0.5, 0.6) is 11.5 Å². The molecule has 0 unspecified atom stereocenters. The maximum atomic E-state index is 12.6. The Kier molecular flexibility index (Phi) is 12.7. The van der Waals surface area contributed by atoms with Crippen LogP contribution < -0.4 is 9.47 Å². The molecule has 10 heteroatoms. The average molecular weight is 578 g/mol. The van der Waals surface area contributed by atoms with E-state index in [1.807, 2.05) is 6.07 Å². The van der Waals surface area contributed by atoms with Gasteiger partial charge in [0.1, 0.15) is 22.9 Å². The summed E-state index contributed by atoms with van der Waals surface area (Å²) < 4.78 is 23.2. The fraction of sp³-hybridized carbons (Fsp3) is 0.344. The molecule has 0 saturated heterocycles. The van der Waals surface area contributed by atoms with Crippen LogP contribution in [0.1, 0.15) is 64.8 Å². The van der Waals surface area contributed by atoms with Crippen LogP contribution in [-0.4, -0.2) is 56.3 Å². The number of methoxy groups -OCH3 is 1. The first-order chi connectivity index (χ1) is 20.9. The Morgan fingerprint density at radius 2 is 1.60 bits per heavy atom. The van der Waals surface area contributed by atoms with Gasteiger partial charge in [0.05, 0.1) is 24.8 Å². The van der Waals surface area contributed by atoms with Crippen LogP contribution in [0.2, 0.25) is 0 Å². The van der Waals surface area contributed by atoms with Gasteiger partial charge in [0, 0.05) is 32.1 Å². The summed E-state index contributed by atoms with van der Waals surface area (Å²) in [7, 11) is 1.28. The van der Waals surface area contributed by atoms with E-state index in [1.165, 1.54) is 13.2 Å². The minimum Gasteiger partial charge on any atom is -0.491 e. The Balaban J connectivity index is 1.81. The number of benzene rings is 3.